The summed E-state index contributed by atoms with van der Waals surface area (Å²) in [6.07, 6.45) is 4.41. The molecule has 1 saturated heterocycles. The van der Waals surface area contributed by atoms with E-state index in [1.807, 2.05) is 30.3 Å². The van der Waals surface area contributed by atoms with Crippen LogP contribution >= 0.6 is 0 Å². The number of aromatic nitrogens is 1. The van der Waals surface area contributed by atoms with Gasteiger partial charge in [-0.25, -0.2) is 8.42 Å². The van der Waals surface area contributed by atoms with Crippen LogP contribution in [-0.4, -0.2) is 43.3 Å². The van der Waals surface area contributed by atoms with Crippen molar-refractivity contribution in [1.29, 1.82) is 0 Å². The standard InChI is InChI=1S/C24H30N4O3S/c1-17-12-15-28(16-13-17)24(29)22(10-9-18-5-2-3-6-20(18)25)27-32(30,31)23-8-4-7-21-19(23)11-14-26-21/h2-8,11,14,17,22,26-27H,9-10,12-13,15-16,25H2,1H3. The molecule has 1 unspecified atom stereocenters. The van der Waals surface area contributed by atoms with E-state index in [-0.39, 0.29) is 10.8 Å². The predicted molar refractivity (Wildman–Crippen MR) is 127 cm³/mol. The molecule has 1 fully saturated rings. The first kappa shape index (κ1) is 22.4. The van der Waals surface area contributed by atoms with Gasteiger partial charge in [0.25, 0.3) is 0 Å². The lowest BCUT2D eigenvalue weighted by Crippen LogP contribution is -2.50. The molecule has 2 heterocycles. The summed E-state index contributed by atoms with van der Waals surface area (Å²) < 4.78 is 29.4. The minimum atomic E-state index is -3.91. The summed E-state index contributed by atoms with van der Waals surface area (Å²) in [6, 6.07) is 13.4. The highest BCUT2D eigenvalue weighted by atomic mass is 32.2. The van der Waals surface area contributed by atoms with Crippen LogP contribution in [0.5, 0.6) is 0 Å². The molecular weight excluding hydrogens is 424 g/mol. The van der Waals surface area contributed by atoms with Gasteiger partial charge in [-0.1, -0.05) is 31.2 Å². The average Bonchev–Trinajstić information content (AvgIpc) is 3.26. The molecule has 1 aliphatic rings. The number of hydrogen-bond donors (Lipinski definition) is 3. The van der Waals surface area contributed by atoms with Crippen LogP contribution in [0.1, 0.15) is 31.7 Å². The van der Waals surface area contributed by atoms with Crippen molar-refractivity contribution in [2.75, 3.05) is 18.8 Å². The number of nitrogens with one attached hydrogen (secondary N) is 2. The Morgan fingerprint density at radius 3 is 2.66 bits per heavy atom. The summed E-state index contributed by atoms with van der Waals surface area (Å²) >= 11 is 0. The minimum absolute atomic E-state index is 0.167. The summed E-state index contributed by atoms with van der Waals surface area (Å²) in [7, 11) is -3.91. The summed E-state index contributed by atoms with van der Waals surface area (Å²) in [5.41, 5.74) is 8.36. The van der Waals surface area contributed by atoms with Crippen LogP contribution in [0, 0.1) is 5.92 Å². The first-order chi connectivity index (χ1) is 15.3. The fraction of sp³-hybridized carbons (Fsp3) is 0.375. The third-order valence-electron chi connectivity index (χ3n) is 6.29. The van der Waals surface area contributed by atoms with Crippen molar-refractivity contribution in [3.63, 3.8) is 0 Å². The summed E-state index contributed by atoms with van der Waals surface area (Å²) in [6.45, 7) is 3.48. The van der Waals surface area contributed by atoms with Crippen molar-refractivity contribution < 1.29 is 13.2 Å². The van der Waals surface area contributed by atoms with Crippen LogP contribution in [0.25, 0.3) is 10.9 Å². The number of fused-ring (bicyclic) bond motifs is 1. The van der Waals surface area contributed by atoms with Gasteiger partial charge in [-0.3, -0.25) is 4.79 Å². The maximum Gasteiger partial charge on any atom is 0.241 e. The molecule has 0 spiro atoms. The normalized spacial score (nSPS) is 16.3. The third-order valence-corrected chi connectivity index (χ3v) is 7.82. The number of piperidine rings is 1. The Bertz CT molecular complexity index is 1200. The Balaban J connectivity index is 1.59. The van der Waals surface area contributed by atoms with E-state index in [4.69, 9.17) is 5.73 Å². The second-order valence-electron chi connectivity index (χ2n) is 8.61. The van der Waals surface area contributed by atoms with Crippen LogP contribution in [0.15, 0.2) is 59.6 Å². The molecule has 3 aromatic rings. The van der Waals surface area contributed by atoms with Gasteiger partial charge in [-0.05, 0) is 61.4 Å². The molecular formula is C24H30N4O3S. The first-order valence-electron chi connectivity index (χ1n) is 11.1. The molecule has 8 heteroatoms. The summed E-state index contributed by atoms with van der Waals surface area (Å²) in [4.78, 5) is 18.4. The molecule has 1 aromatic heterocycles. The highest BCUT2D eigenvalue weighted by Crippen LogP contribution is 2.24. The molecule has 0 aliphatic carbocycles. The Kier molecular flexibility index (Phi) is 6.53. The largest absolute Gasteiger partial charge is 0.399 e. The van der Waals surface area contributed by atoms with E-state index < -0.39 is 16.1 Å². The summed E-state index contributed by atoms with van der Waals surface area (Å²) in [5, 5.41) is 0.602. The number of amides is 1. The van der Waals surface area contributed by atoms with Crippen molar-refractivity contribution in [2.45, 2.75) is 43.5 Å². The maximum absolute atomic E-state index is 13.4. The number of carbonyl (C=O) groups is 1. The number of para-hydroxylation sites is 1. The number of carbonyl (C=O) groups excluding carboxylic acids is 1. The molecule has 1 amide bonds. The van der Waals surface area contributed by atoms with Crippen molar-refractivity contribution >= 4 is 32.5 Å². The van der Waals surface area contributed by atoms with Crippen LogP contribution < -0.4 is 10.5 Å². The Hall–Kier alpha value is -2.84. The van der Waals surface area contributed by atoms with Crippen molar-refractivity contribution in [3.8, 4) is 0 Å². The van der Waals surface area contributed by atoms with E-state index in [1.54, 1.807) is 29.3 Å². The van der Waals surface area contributed by atoms with Gasteiger partial charge in [0.05, 0.1) is 4.90 Å². The van der Waals surface area contributed by atoms with E-state index in [1.165, 1.54) is 0 Å². The number of anilines is 1. The van der Waals surface area contributed by atoms with Gasteiger partial charge >= 0.3 is 0 Å². The molecule has 1 aliphatic heterocycles. The van der Waals surface area contributed by atoms with Gasteiger partial charge in [0.15, 0.2) is 0 Å². The van der Waals surface area contributed by atoms with Gasteiger partial charge in [0.2, 0.25) is 15.9 Å². The minimum Gasteiger partial charge on any atom is -0.399 e. The lowest BCUT2D eigenvalue weighted by Gasteiger charge is -2.33. The highest BCUT2D eigenvalue weighted by Gasteiger charge is 2.31. The van der Waals surface area contributed by atoms with Gasteiger partial charge in [-0.15, -0.1) is 0 Å². The molecule has 170 valence electrons. The van der Waals surface area contributed by atoms with Gasteiger partial charge in [0, 0.05) is 35.9 Å². The SMILES string of the molecule is CC1CCN(C(=O)C(CCc2ccccc2N)NS(=O)(=O)c2cccc3[nH]ccc23)CC1. The van der Waals surface area contributed by atoms with E-state index in [2.05, 4.69) is 16.6 Å². The van der Waals surface area contributed by atoms with Crippen molar-refractivity contribution in [1.82, 2.24) is 14.6 Å². The zero-order chi connectivity index (χ0) is 22.7. The summed E-state index contributed by atoms with van der Waals surface area (Å²) in [5.74, 6) is 0.403. The molecule has 4 N–H and O–H groups in total. The van der Waals surface area contributed by atoms with E-state index >= 15 is 0 Å². The zero-order valence-corrected chi connectivity index (χ0v) is 19.1. The average molecular weight is 455 g/mol. The number of H-pyrrole nitrogens is 1. The smallest absolute Gasteiger partial charge is 0.241 e. The number of aryl methyl sites for hydroxylation is 1. The van der Waals surface area contributed by atoms with Gasteiger partial charge in [0.1, 0.15) is 6.04 Å². The molecule has 0 saturated carbocycles. The number of sulfonamides is 1. The van der Waals surface area contributed by atoms with Crippen LogP contribution in [0.4, 0.5) is 5.69 Å². The lowest BCUT2D eigenvalue weighted by atomic mass is 9.97. The second-order valence-corrected chi connectivity index (χ2v) is 10.3. The molecule has 1 atom stereocenters. The number of benzene rings is 2. The quantitative estimate of drug-likeness (QED) is 0.476. The van der Waals surface area contributed by atoms with Crippen molar-refractivity contribution in [2.24, 2.45) is 5.92 Å². The van der Waals surface area contributed by atoms with Crippen LogP contribution in [0.2, 0.25) is 0 Å². The number of hydrogen-bond acceptors (Lipinski definition) is 4. The number of nitrogen functional groups attached to an aromatic ring is 1. The molecule has 2 aromatic carbocycles. The molecule has 0 radical (unpaired) electrons. The number of nitrogens with zero attached hydrogens (tertiary/aromatic N) is 1. The Labute approximate surface area is 189 Å². The molecule has 0 bridgehead atoms. The topological polar surface area (TPSA) is 108 Å². The van der Waals surface area contributed by atoms with E-state index in [0.29, 0.717) is 42.9 Å². The van der Waals surface area contributed by atoms with Crippen LogP contribution in [-0.2, 0) is 21.2 Å². The maximum atomic E-state index is 13.4. The highest BCUT2D eigenvalue weighted by molar-refractivity contribution is 7.89. The fourth-order valence-corrected chi connectivity index (χ4v) is 5.73. The van der Waals surface area contributed by atoms with E-state index in [9.17, 15) is 13.2 Å². The van der Waals surface area contributed by atoms with Gasteiger partial charge in [-0.2, -0.15) is 4.72 Å². The molecule has 4 rings (SSSR count). The first-order valence-corrected chi connectivity index (χ1v) is 12.5. The third kappa shape index (κ3) is 4.81. The predicted octanol–water partition coefficient (Wildman–Crippen LogP) is 3.29. The monoisotopic (exact) mass is 454 g/mol. The Morgan fingerprint density at radius 1 is 1.16 bits per heavy atom. The number of aromatic amines is 1. The Morgan fingerprint density at radius 2 is 1.91 bits per heavy atom. The van der Waals surface area contributed by atoms with Gasteiger partial charge < -0.3 is 15.6 Å². The fourth-order valence-electron chi connectivity index (χ4n) is 4.29. The number of nitrogens with two attached hydrogens (primary N) is 1. The van der Waals surface area contributed by atoms with E-state index in [0.717, 1.165) is 23.9 Å². The number of likely N-dealkylation sites (tertiary alicyclic amines) is 1. The number of rotatable bonds is 7. The lowest BCUT2D eigenvalue weighted by molar-refractivity contribution is -0.134. The molecule has 7 nitrogen and oxygen atoms in total. The zero-order valence-electron chi connectivity index (χ0n) is 18.3. The van der Waals surface area contributed by atoms with Crippen molar-refractivity contribution in [3.05, 3.63) is 60.3 Å². The van der Waals surface area contributed by atoms with Crippen LogP contribution in [0.3, 0.4) is 0 Å². The molecule has 32 heavy (non-hydrogen) atoms. The second kappa shape index (κ2) is 9.34.